The average Bonchev–Trinajstić information content (AvgIpc) is 3.12. The Balaban J connectivity index is 1.47. The minimum absolute atomic E-state index is 0.0407. The first-order chi connectivity index (χ1) is 17.7. The summed E-state index contributed by atoms with van der Waals surface area (Å²) in [4.78, 5) is 38.5. The lowest BCUT2D eigenvalue weighted by Crippen LogP contribution is -2.36. The molecule has 190 valence electrons. The molecule has 3 aromatic carbocycles. The number of benzene rings is 3. The number of nitrogens with zero attached hydrogens (tertiary/aromatic N) is 1. The Morgan fingerprint density at radius 1 is 1.16 bits per heavy atom. The zero-order valence-corrected chi connectivity index (χ0v) is 23.0. The molecule has 3 amide bonds. The Morgan fingerprint density at radius 2 is 1.89 bits per heavy atom. The molecule has 0 aliphatic carbocycles. The fourth-order valence-corrected chi connectivity index (χ4v) is 4.85. The number of carbonyl (C=O) groups excluding carboxylic acids is 3. The number of methoxy groups -OCH3 is 1. The van der Waals surface area contributed by atoms with E-state index in [0.29, 0.717) is 28.8 Å². The molecule has 0 radical (unpaired) electrons. The molecule has 1 N–H and O–H groups in total. The van der Waals surface area contributed by atoms with Crippen LogP contribution in [0, 0.1) is 9.39 Å². The van der Waals surface area contributed by atoms with Gasteiger partial charge >= 0.3 is 0 Å². The Bertz CT molecular complexity index is 1400. The number of halogens is 3. The van der Waals surface area contributed by atoms with Crippen molar-refractivity contribution in [2.24, 2.45) is 0 Å². The fourth-order valence-electron chi connectivity index (χ4n) is 3.38. The molecule has 1 saturated heterocycles. The molecule has 11 heteroatoms. The smallest absolute Gasteiger partial charge is 0.294 e. The van der Waals surface area contributed by atoms with E-state index in [0.717, 1.165) is 14.0 Å². The number of para-hydroxylation sites is 1. The summed E-state index contributed by atoms with van der Waals surface area (Å²) >= 11 is 9.36. The highest BCUT2D eigenvalue weighted by molar-refractivity contribution is 14.1. The summed E-state index contributed by atoms with van der Waals surface area (Å²) in [5, 5.41) is 2.01. The number of rotatable bonds is 8. The van der Waals surface area contributed by atoms with Crippen LogP contribution in [0.3, 0.4) is 0 Å². The molecule has 1 aliphatic heterocycles. The van der Waals surface area contributed by atoms with Gasteiger partial charge in [0.15, 0.2) is 11.5 Å². The van der Waals surface area contributed by atoms with Gasteiger partial charge in [-0.25, -0.2) is 4.39 Å². The average molecular weight is 653 g/mol. The van der Waals surface area contributed by atoms with Crippen molar-refractivity contribution in [1.82, 2.24) is 4.90 Å². The van der Waals surface area contributed by atoms with E-state index in [2.05, 4.69) is 27.9 Å². The van der Waals surface area contributed by atoms with E-state index < -0.39 is 29.4 Å². The summed E-state index contributed by atoms with van der Waals surface area (Å²) in [6.07, 6.45) is 1.48. The van der Waals surface area contributed by atoms with Crippen molar-refractivity contribution in [1.29, 1.82) is 0 Å². The predicted molar refractivity (Wildman–Crippen MR) is 149 cm³/mol. The Morgan fingerprint density at radius 3 is 2.59 bits per heavy atom. The van der Waals surface area contributed by atoms with Gasteiger partial charge in [-0.15, -0.1) is 0 Å². The van der Waals surface area contributed by atoms with E-state index in [1.165, 1.54) is 31.4 Å². The molecular weight excluding hydrogens is 634 g/mol. The van der Waals surface area contributed by atoms with Crippen LogP contribution in [-0.4, -0.2) is 35.6 Å². The number of ether oxygens (including phenoxy) is 2. The van der Waals surface area contributed by atoms with Crippen molar-refractivity contribution in [2.45, 2.75) is 6.61 Å². The van der Waals surface area contributed by atoms with Crippen LogP contribution in [0.25, 0.3) is 6.08 Å². The number of hydrogen-bond donors (Lipinski definition) is 1. The topological polar surface area (TPSA) is 84.9 Å². The van der Waals surface area contributed by atoms with Crippen molar-refractivity contribution in [3.63, 3.8) is 0 Å². The molecule has 1 heterocycles. The Hall–Kier alpha value is -3.09. The molecule has 1 aliphatic rings. The Kier molecular flexibility index (Phi) is 8.72. The van der Waals surface area contributed by atoms with Gasteiger partial charge in [0.05, 0.1) is 22.7 Å². The first-order valence-electron chi connectivity index (χ1n) is 10.8. The molecule has 0 saturated carbocycles. The number of carbonyl (C=O) groups is 3. The van der Waals surface area contributed by atoms with Crippen molar-refractivity contribution < 1.29 is 28.2 Å². The minimum Gasteiger partial charge on any atom is -0.493 e. The number of anilines is 1. The molecule has 1 fully saturated rings. The third kappa shape index (κ3) is 6.62. The molecule has 0 atom stereocenters. The lowest BCUT2D eigenvalue weighted by Gasteiger charge is -2.14. The zero-order valence-electron chi connectivity index (χ0n) is 19.3. The second kappa shape index (κ2) is 12.0. The maximum atomic E-state index is 13.8. The summed E-state index contributed by atoms with van der Waals surface area (Å²) in [7, 11) is 1.47. The van der Waals surface area contributed by atoms with Crippen molar-refractivity contribution in [3.8, 4) is 11.5 Å². The van der Waals surface area contributed by atoms with Gasteiger partial charge in [0.25, 0.3) is 11.1 Å². The summed E-state index contributed by atoms with van der Waals surface area (Å²) in [5.41, 5.74) is 1.42. The van der Waals surface area contributed by atoms with Gasteiger partial charge < -0.3 is 14.8 Å². The summed E-state index contributed by atoms with van der Waals surface area (Å²) < 4.78 is 26.2. The quantitative estimate of drug-likeness (QED) is 0.226. The van der Waals surface area contributed by atoms with Crippen LogP contribution in [0.2, 0.25) is 5.02 Å². The molecule has 0 unspecified atom stereocenters. The lowest BCUT2D eigenvalue weighted by molar-refractivity contribution is -0.127. The first kappa shape index (κ1) is 27.0. The number of imide groups is 1. The van der Waals surface area contributed by atoms with Crippen LogP contribution in [0.1, 0.15) is 11.1 Å². The predicted octanol–water partition coefficient (Wildman–Crippen LogP) is 6.35. The molecule has 0 bridgehead atoms. The van der Waals surface area contributed by atoms with Gasteiger partial charge in [-0.05, 0) is 88.0 Å². The van der Waals surface area contributed by atoms with Gasteiger partial charge in [0.1, 0.15) is 19.0 Å². The van der Waals surface area contributed by atoms with E-state index in [-0.39, 0.29) is 22.2 Å². The maximum Gasteiger partial charge on any atom is 0.294 e. The monoisotopic (exact) mass is 652 g/mol. The number of thioether (sulfide) groups is 1. The second-order valence-corrected chi connectivity index (χ2v) is 10.4. The second-order valence-electron chi connectivity index (χ2n) is 7.75. The van der Waals surface area contributed by atoms with E-state index in [1.807, 2.05) is 24.3 Å². The van der Waals surface area contributed by atoms with Crippen LogP contribution in [-0.2, 0) is 16.2 Å². The van der Waals surface area contributed by atoms with Crippen molar-refractivity contribution >= 4 is 74.8 Å². The molecule has 0 spiro atoms. The molecule has 0 aromatic heterocycles. The fraction of sp³-hybridized carbons (Fsp3) is 0.115. The zero-order chi connectivity index (χ0) is 26.5. The highest BCUT2D eigenvalue weighted by Crippen LogP contribution is 2.39. The number of amides is 3. The highest BCUT2D eigenvalue weighted by atomic mass is 127. The standard InChI is InChI=1S/C26H19ClFIN2O5S/c1-35-21-11-16(10-18(27)24(21)36-14-15-6-8-17(29)9-7-15)12-22-25(33)31(26(34)37-22)13-23(32)30-20-5-3-2-4-19(20)28/h2-12H,13-14H2,1H3,(H,30,32)/b22-12-. The van der Waals surface area contributed by atoms with Crippen LogP contribution in [0.4, 0.5) is 14.9 Å². The summed E-state index contributed by atoms with van der Waals surface area (Å²) in [5.74, 6) is -1.27. The van der Waals surface area contributed by atoms with Crippen LogP contribution < -0.4 is 14.8 Å². The lowest BCUT2D eigenvalue weighted by atomic mass is 10.1. The first-order valence-corrected chi connectivity index (χ1v) is 13.1. The molecule has 7 nitrogen and oxygen atoms in total. The summed E-state index contributed by atoms with van der Waals surface area (Å²) in [6.45, 7) is -0.272. The number of hydrogen-bond acceptors (Lipinski definition) is 6. The van der Waals surface area contributed by atoms with E-state index in [1.54, 1.807) is 18.2 Å². The third-order valence-corrected chi connectivity index (χ3v) is 7.08. The van der Waals surface area contributed by atoms with Gasteiger partial charge in [-0.2, -0.15) is 0 Å². The van der Waals surface area contributed by atoms with Crippen LogP contribution in [0.5, 0.6) is 11.5 Å². The number of nitrogens with one attached hydrogen (secondary N) is 1. The highest BCUT2D eigenvalue weighted by Gasteiger charge is 2.36. The largest absolute Gasteiger partial charge is 0.493 e. The minimum atomic E-state index is -0.701. The molecular formula is C26H19ClFIN2O5S. The Labute approximate surface area is 235 Å². The van der Waals surface area contributed by atoms with Gasteiger partial charge in [0.2, 0.25) is 5.91 Å². The molecule has 3 aromatic rings. The van der Waals surface area contributed by atoms with Crippen molar-refractivity contribution in [2.75, 3.05) is 19.0 Å². The van der Waals surface area contributed by atoms with Crippen LogP contribution >= 0.6 is 46.0 Å². The van der Waals surface area contributed by atoms with Crippen molar-refractivity contribution in [3.05, 3.63) is 91.1 Å². The van der Waals surface area contributed by atoms with Crippen LogP contribution in [0.15, 0.2) is 65.6 Å². The third-order valence-electron chi connectivity index (χ3n) is 5.17. The normalized spacial score (nSPS) is 14.3. The van der Waals surface area contributed by atoms with Gasteiger partial charge in [-0.1, -0.05) is 35.9 Å². The van der Waals surface area contributed by atoms with E-state index in [9.17, 15) is 18.8 Å². The summed E-state index contributed by atoms with van der Waals surface area (Å²) in [6, 6.07) is 16.7. The van der Waals surface area contributed by atoms with E-state index >= 15 is 0 Å². The van der Waals surface area contributed by atoms with Gasteiger partial charge in [-0.3, -0.25) is 19.3 Å². The molecule has 4 rings (SSSR count). The molecule has 37 heavy (non-hydrogen) atoms. The van der Waals surface area contributed by atoms with Gasteiger partial charge in [0, 0.05) is 3.57 Å². The SMILES string of the molecule is COc1cc(/C=C2\SC(=O)N(CC(=O)Nc3ccccc3F)C2=O)cc(Cl)c1OCc1ccc(I)cc1. The maximum absolute atomic E-state index is 13.8. The van der Waals surface area contributed by atoms with E-state index in [4.69, 9.17) is 21.1 Å².